The van der Waals surface area contributed by atoms with Crippen LogP contribution in [0.15, 0.2) is 23.3 Å². The lowest BCUT2D eigenvalue weighted by Gasteiger charge is -2.57. The molecule has 2 rings (SSSR count). The molecule has 0 saturated heterocycles. The molecule has 0 bridgehead atoms. The number of carbonyl (C=O) groups is 1. The highest BCUT2D eigenvalue weighted by Crippen LogP contribution is 2.60. The molecule has 0 aromatic rings. The minimum atomic E-state index is 0.296. The van der Waals surface area contributed by atoms with Gasteiger partial charge in [-0.15, -0.1) is 0 Å². The van der Waals surface area contributed by atoms with Crippen LogP contribution in [-0.4, -0.2) is 5.78 Å². The van der Waals surface area contributed by atoms with E-state index >= 15 is 0 Å². The summed E-state index contributed by atoms with van der Waals surface area (Å²) < 4.78 is 0. The van der Waals surface area contributed by atoms with Crippen molar-refractivity contribution in [1.29, 1.82) is 0 Å². The minimum Gasteiger partial charge on any atom is -0.300 e. The van der Waals surface area contributed by atoms with Crippen LogP contribution in [0.1, 0.15) is 92.9 Å². The van der Waals surface area contributed by atoms with Crippen molar-refractivity contribution in [1.82, 2.24) is 0 Å². The second-order valence-electron chi connectivity index (χ2n) is 9.47. The lowest BCUT2D eigenvalue weighted by atomic mass is 9.48. The SMILES string of the molecule is CC(=O)CC/C=C(/C)CC[C@H]1C(C)=CC[C@@H]2C(C)(C)CCC[C@@]21C. The number of fused-ring (bicyclic) bond motifs is 1. The van der Waals surface area contributed by atoms with Gasteiger partial charge in [0.2, 0.25) is 0 Å². The number of rotatable bonds is 6. The summed E-state index contributed by atoms with van der Waals surface area (Å²) in [5, 5.41) is 0. The van der Waals surface area contributed by atoms with E-state index in [2.05, 4.69) is 46.8 Å². The maximum absolute atomic E-state index is 11.1. The van der Waals surface area contributed by atoms with Gasteiger partial charge in [-0.1, -0.05) is 50.5 Å². The van der Waals surface area contributed by atoms with Gasteiger partial charge in [-0.3, -0.25) is 0 Å². The van der Waals surface area contributed by atoms with Crippen LogP contribution in [0.3, 0.4) is 0 Å². The standard InChI is InChI=1S/C23H38O/c1-17(9-7-10-19(3)24)11-13-20-18(2)12-14-21-22(4,5)15-8-16-23(20,21)6/h9,12,20-21H,7-8,10-11,13-16H2,1-6H3/b17-9-/t20-,21+,23+/m0/s1. The summed E-state index contributed by atoms with van der Waals surface area (Å²) in [6, 6.07) is 0. The third-order valence-electron chi connectivity index (χ3n) is 7.11. The molecular formula is C23H38O. The van der Waals surface area contributed by atoms with Crippen molar-refractivity contribution in [3.8, 4) is 0 Å². The van der Waals surface area contributed by atoms with E-state index in [1.807, 2.05) is 0 Å². The average molecular weight is 331 g/mol. The lowest BCUT2D eigenvalue weighted by molar-refractivity contribution is -0.116. The highest BCUT2D eigenvalue weighted by Gasteiger charge is 2.51. The first-order valence-electron chi connectivity index (χ1n) is 9.98. The van der Waals surface area contributed by atoms with Gasteiger partial charge in [-0.05, 0) is 82.0 Å². The van der Waals surface area contributed by atoms with Crippen LogP contribution in [0.5, 0.6) is 0 Å². The highest BCUT2D eigenvalue weighted by atomic mass is 16.1. The van der Waals surface area contributed by atoms with E-state index in [9.17, 15) is 4.79 Å². The Hall–Kier alpha value is -0.850. The predicted octanol–water partition coefficient (Wildman–Crippen LogP) is 6.88. The van der Waals surface area contributed by atoms with Gasteiger partial charge in [-0.25, -0.2) is 0 Å². The zero-order valence-electron chi connectivity index (χ0n) is 16.9. The number of carbonyl (C=O) groups excluding carboxylic acids is 1. The summed E-state index contributed by atoms with van der Waals surface area (Å²) in [5.74, 6) is 1.85. The second-order valence-corrected chi connectivity index (χ2v) is 9.47. The third kappa shape index (κ3) is 4.21. The normalized spacial score (nSPS) is 32.9. The summed E-state index contributed by atoms with van der Waals surface area (Å²) in [4.78, 5) is 11.1. The van der Waals surface area contributed by atoms with Crippen LogP contribution >= 0.6 is 0 Å². The van der Waals surface area contributed by atoms with Crippen LogP contribution in [0.25, 0.3) is 0 Å². The van der Waals surface area contributed by atoms with E-state index in [-0.39, 0.29) is 0 Å². The Kier molecular flexibility index (Phi) is 6.15. The molecule has 0 amide bonds. The Morgan fingerprint density at radius 3 is 2.58 bits per heavy atom. The van der Waals surface area contributed by atoms with Crippen molar-refractivity contribution in [3.63, 3.8) is 0 Å². The van der Waals surface area contributed by atoms with Crippen molar-refractivity contribution in [2.24, 2.45) is 22.7 Å². The predicted molar refractivity (Wildman–Crippen MR) is 104 cm³/mol. The van der Waals surface area contributed by atoms with Crippen LogP contribution in [-0.2, 0) is 4.79 Å². The molecule has 1 fully saturated rings. The molecule has 0 aromatic heterocycles. The highest BCUT2D eigenvalue weighted by molar-refractivity contribution is 5.75. The molecule has 0 N–H and O–H groups in total. The zero-order valence-corrected chi connectivity index (χ0v) is 16.9. The lowest BCUT2D eigenvalue weighted by Crippen LogP contribution is -2.48. The first-order chi connectivity index (χ1) is 11.2. The summed E-state index contributed by atoms with van der Waals surface area (Å²) >= 11 is 0. The molecule has 0 radical (unpaired) electrons. The molecule has 1 nitrogen and oxygen atoms in total. The molecule has 1 heteroatoms. The van der Waals surface area contributed by atoms with Crippen LogP contribution in [0.2, 0.25) is 0 Å². The van der Waals surface area contributed by atoms with Gasteiger partial charge in [0.1, 0.15) is 5.78 Å². The van der Waals surface area contributed by atoms with Crippen molar-refractivity contribution in [2.75, 3.05) is 0 Å². The minimum absolute atomic E-state index is 0.296. The van der Waals surface area contributed by atoms with Gasteiger partial charge < -0.3 is 4.79 Å². The van der Waals surface area contributed by atoms with E-state index in [0.717, 1.165) is 18.3 Å². The van der Waals surface area contributed by atoms with E-state index in [0.29, 0.717) is 23.0 Å². The number of Topliss-reactive ketones (excluding diaryl/α,β-unsaturated/α-hetero) is 1. The number of allylic oxidation sites excluding steroid dienone is 4. The average Bonchev–Trinajstić information content (AvgIpc) is 2.45. The number of ketones is 1. The van der Waals surface area contributed by atoms with Crippen LogP contribution in [0.4, 0.5) is 0 Å². The maximum Gasteiger partial charge on any atom is 0.130 e. The van der Waals surface area contributed by atoms with Crippen molar-refractivity contribution in [2.45, 2.75) is 92.9 Å². The molecule has 2 aliphatic carbocycles. The molecule has 1 saturated carbocycles. The van der Waals surface area contributed by atoms with E-state index < -0.39 is 0 Å². The Morgan fingerprint density at radius 2 is 1.92 bits per heavy atom. The number of hydrogen-bond acceptors (Lipinski definition) is 1. The third-order valence-corrected chi connectivity index (χ3v) is 7.11. The Balaban J connectivity index is 2.06. The van der Waals surface area contributed by atoms with Gasteiger partial charge in [0.15, 0.2) is 0 Å². The molecule has 0 unspecified atom stereocenters. The fraction of sp³-hybridized carbons (Fsp3) is 0.783. The van der Waals surface area contributed by atoms with Gasteiger partial charge in [0.05, 0.1) is 0 Å². The van der Waals surface area contributed by atoms with Gasteiger partial charge in [0.25, 0.3) is 0 Å². The fourth-order valence-electron chi connectivity index (χ4n) is 5.69. The van der Waals surface area contributed by atoms with Gasteiger partial charge in [-0.2, -0.15) is 0 Å². The molecule has 0 heterocycles. The monoisotopic (exact) mass is 330 g/mol. The van der Waals surface area contributed by atoms with E-state index in [4.69, 9.17) is 0 Å². The maximum atomic E-state index is 11.1. The Labute approximate surface area is 150 Å². The Morgan fingerprint density at radius 1 is 1.21 bits per heavy atom. The molecular weight excluding hydrogens is 292 g/mol. The van der Waals surface area contributed by atoms with Crippen molar-refractivity contribution >= 4 is 5.78 Å². The zero-order chi connectivity index (χ0) is 18.0. The molecule has 0 aromatic carbocycles. The van der Waals surface area contributed by atoms with Crippen LogP contribution in [0, 0.1) is 22.7 Å². The quantitative estimate of drug-likeness (QED) is 0.485. The summed E-state index contributed by atoms with van der Waals surface area (Å²) in [6.45, 7) is 13.9. The number of hydrogen-bond donors (Lipinski definition) is 0. The van der Waals surface area contributed by atoms with Gasteiger partial charge >= 0.3 is 0 Å². The van der Waals surface area contributed by atoms with Crippen LogP contribution < -0.4 is 0 Å². The topological polar surface area (TPSA) is 17.1 Å². The molecule has 2 aliphatic rings. The summed E-state index contributed by atoms with van der Waals surface area (Å²) in [7, 11) is 0. The summed E-state index contributed by atoms with van der Waals surface area (Å²) in [6.07, 6.45) is 14.3. The first-order valence-corrected chi connectivity index (χ1v) is 9.98. The molecule has 136 valence electrons. The van der Waals surface area contributed by atoms with Crippen molar-refractivity contribution < 1.29 is 4.79 Å². The Bertz CT molecular complexity index is 522. The smallest absolute Gasteiger partial charge is 0.130 e. The van der Waals surface area contributed by atoms with E-state index in [1.165, 1.54) is 44.1 Å². The first kappa shape index (κ1) is 19.5. The molecule has 3 atom stereocenters. The molecule has 0 spiro atoms. The largest absolute Gasteiger partial charge is 0.300 e. The fourth-order valence-corrected chi connectivity index (χ4v) is 5.69. The summed E-state index contributed by atoms with van der Waals surface area (Å²) in [5.41, 5.74) is 4.04. The second kappa shape index (κ2) is 7.58. The molecule has 24 heavy (non-hydrogen) atoms. The van der Waals surface area contributed by atoms with Crippen molar-refractivity contribution in [3.05, 3.63) is 23.3 Å². The van der Waals surface area contributed by atoms with E-state index in [1.54, 1.807) is 12.5 Å². The van der Waals surface area contributed by atoms with Gasteiger partial charge in [0, 0.05) is 6.42 Å². The molecule has 0 aliphatic heterocycles.